The van der Waals surface area contributed by atoms with Gasteiger partial charge in [0.25, 0.3) is 0 Å². The van der Waals surface area contributed by atoms with E-state index in [1.165, 1.54) is 0 Å². The smallest absolute Gasteiger partial charge is 0.229 e. The van der Waals surface area contributed by atoms with Crippen molar-refractivity contribution < 1.29 is 9.59 Å². The second-order valence-electron chi connectivity index (χ2n) is 6.45. The minimum Gasteiger partial charge on any atom is -0.370 e. The maximum absolute atomic E-state index is 12.3. The molecule has 2 aromatic rings. The number of aryl methyl sites for hydroxylation is 1. The van der Waals surface area contributed by atoms with Crippen LogP contribution < -0.4 is 21.3 Å². The SMILES string of the molecule is CCNc1cc(Nc2ccc(NC(=O)C3CCC(=O)NC3)cc2)nc(C)n1. The summed E-state index contributed by atoms with van der Waals surface area (Å²) < 4.78 is 0. The van der Waals surface area contributed by atoms with Crippen LogP contribution in [0.3, 0.4) is 0 Å². The van der Waals surface area contributed by atoms with Crippen molar-refractivity contribution in [3.63, 3.8) is 0 Å². The largest absolute Gasteiger partial charge is 0.370 e. The van der Waals surface area contributed by atoms with Crippen LogP contribution >= 0.6 is 0 Å². The predicted octanol–water partition coefficient (Wildman–Crippen LogP) is 2.43. The number of carbonyl (C=O) groups excluding carboxylic acids is 2. The van der Waals surface area contributed by atoms with Gasteiger partial charge in [0.2, 0.25) is 11.8 Å². The van der Waals surface area contributed by atoms with Crippen molar-refractivity contribution in [1.29, 1.82) is 0 Å². The third-order valence-electron chi connectivity index (χ3n) is 4.26. The summed E-state index contributed by atoms with van der Waals surface area (Å²) in [4.78, 5) is 32.2. The molecule has 142 valence electrons. The number of amides is 2. The van der Waals surface area contributed by atoms with Crippen LogP contribution in [0.4, 0.5) is 23.0 Å². The van der Waals surface area contributed by atoms with Gasteiger partial charge in [-0.15, -0.1) is 0 Å². The van der Waals surface area contributed by atoms with Crippen LogP contribution in [0.25, 0.3) is 0 Å². The van der Waals surface area contributed by atoms with Crippen molar-refractivity contribution in [2.75, 3.05) is 29.0 Å². The van der Waals surface area contributed by atoms with Gasteiger partial charge in [-0.05, 0) is 44.5 Å². The molecule has 0 spiro atoms. The van der Waals surface area contributed by atoms with E-state index >= 15 is 0 Å². The Labute approximate surface area is 158 Å². The summed E-state index contributed by atoms with van der Waals surface area (Å²) >= 11 is 0. The number of aromatic nitrogens is 2. The van der Waals surface area contributed by atoms with Gasteiger partial charge >= 0.3 is 0 Å². The molecule has 3 rings (SSSR count). The number of nitrogens with one attached hydrogen (secondary N) is 4. The van der Waals surface area contributed by atoms with Crippen molar-refractivity contribution in [3.8, 4) is 0 Å². The van der Waals surface area contributed by atoms with E-state index in [0.29, 0.717) is 31.0 Å². The highest BCUT2D eigenvalue weighted by molar-refractivity contribution is 5.94. The van der Waals surface area contributed by atoms with Gasteiger partial charge in [-0.2, -0.15) is 0 Å². The molecular weight excluding hydrogens is 344 g/mol. The van der Waals surface area contributed by atoms with Crippen molar-refractivity contribution in [3.05, 3.63) is 36.2 Å². The molecule has 1 aromatic carbocycles. The first-order valence-electron chi connectivity index (χ1n) is 9.07. The summed E-state index contributed by atoms with van der Waals surface area (Å²) in [7, 11) is 0. The highest BCUT2D eigenvalue weighted by Crippen LogP contribution is 2.20. The van der Waals surface area contributed by atoms with Crippen LogP contribution in [-0.4, -0.2) is 34.9 Å². The highest BCUT2D eigenvalue weighted by atomic mass is 16.2. The number of benzene rings is 1. The lowest BCUT2D eigenvalue weighted by Crippen LogP contribution is -2.40. The topological polar surface area (TPSA) is 108 Å². The van der Waals surface area contributed by atoms with Gasteiger partial charge in [-0.25, -0.2) is 9.97 Å². The Hall–Kier alpha value is -3.16. The van der Waals surface area contributed by atoms with Gasteiger partial charge in [0.05, 0.1) is 5.92 Å². The summed E-state index contributed by atoms with van der Waals surface area (Å²) in [5, 5.41) is 12.0. The molecule has 1 aromatic heterocycles. The molecule has 1 saturated heterocycles. The summed E-state index contributed by atoms with van der Waals surface area (Å²) in [6, 6.07) is 9.27. The Morgan fingerprint density at radius 1 is 1.19 bits per heavy atom. The van der Waals surface area contributed by atoms with Gasteiger partial charge in [-0.3, -0.25) is 9.59 Å². The van der Waals surface area contributed by atoms with Crippen LogP contribution in [0.15, 0.2) is 30.3 Å². The molecule has 1 atom stereocenters. The molecule has 0 radical (unpaired) electrons. The number of nitrogens with zero attached hydrogens (tertiary/aromatic N) is 2. The first kappa shape index (κ1) is 18.6. The Morgan fingerprint density at radius 2 is 1.89 bits per heavy atom. The fourth-order valence-electron chi connectivity index (χ4n) is 2.89. The number of rotatable bonds is 6. The van der Waals surface area contributed by atoms with E-state index < -0.39 is 0 Å². The molecule has 2 amide bonds. The van der Waals surface area contributed by atoms with Gasteiger partial charge in [-0.1, -0.05) is 0 Å². The van der Waals surface area contributed by atoms with Gasteiger partial charge < -0.3 is 21.3 Å². The minimum atomic E-state index is -0.186. The average molecular weight is 368 g/mol. The van der Waals surface area contributed by atoms with Crippen LogP contribution in [0.1, 0.15) is 25.6 Å². The Balaban J connectivity index is 1.60. The zero-order valence-corrected chi connectivity index (χ0v) is 15.5. The van der Waals surface area contributed by atoms with Crippen LogP contribution in [0.2, 0.25) is 0 Å². The molecule has 1 aliphatic heterocycles. The molecule has 8 heteroatoms. The number of anilines is 4. The van der Waals surface area contributed by atoms with E-state index in [-0.39, 0.29) is 17.7 Å². The quantitative estimate of drug-likeness (QED) is 0.624. The molecule has 0 aliphatic carbocycles. The van der Waals surface area contributed by atoms with Crippen molar-refractivity contribution in [2.45, 2.75) is 26.7 Å². The number of carbonyl (C=O) groups is 2. The molecule has 27 heavy (non-hydrogen) atoms. The van der Waals surface area contributed by atoms with Crippen molar-refractivity contribution in [1.82, 2.24) is 15.3 Å². The zero-order valence-electron chi connectivity index (χ0n) is 15.5. The van der Waals surface area contributed by atoms with Gasteiger partial charge in [0.1, 0.15) is 17.5 Å². The molecule has 2 heterocycles. The second-order valence-corrected chi connectivity index (χ2v) is 6.45. The van der Waals surface area contributed by atoms with E-state index in [1.807, 2.05) is 44.2 Å². The summed E-state index contributed by atoms with van der Waals surface area (Å²) in [5.74, 6) is 1.90. The third kappa shape index (κ3) is 5.16. The fourth-order valence-corrected chi connectivity index (χ4v) is 2.89. The average Bonchev–Trinajstić information content (AvgIpc) is 2.64. The van der Waals surface area contributed by atoms with Crippen molar-refractivity contribution >= 4 is 34.8 Å². The maximum Gasteiger partial charge on any atom is 0.229 e. The normalized spacial score (nSPS) is 16.4. The van der Waals surface area contributed by atoms with Crippen LogP contribution in [0.5, 0.6) is 0 Å². The monoisotopic (exact) mass is 368 g/mol. The first-order valence-corrected chi connectivity index (χ1v) is 9.07. The minimum absolute atomic E-state index is 0.00623. The number of hydrogen-bond donors (Lipinski definition) is 4. The molecule has 1 fully saturated rings. The Kier molecular flexibility index (Phi) is 5.85. The standard InChI is InChI=1S/C19H24N6O2/c1-3-20-16-10-17(23-12(2)22-16)24-14-5-7-15(8-6-14)25-19(27)13-4-9-18(26)21-11-13/h5-8,10,13H,3-4,9,11H2,1-2H3,(H,21,26)(H,25,27)(H2,20,22,23,24). The molecular formula is C19H24N6O2. The number of piperidine rings is 1. The molecule has 8 nitrogen and oxygen atoms in total. The third-order valence-corrected chi connectivity index (χ3v) is 4.26. The van der Waals surface area contributed by atoms with E-state index in [1.54, 1.807) is 0 Å². The molecule has 0 saturated carbocycles. The van der Waals surface area contributed by atoms with Crippen LogP contribution in [0, 0.1) is 12.8 Å². The molecule has 1 aliphatic rings. The van der Waals surface area contributed by atoms with E-state index in [0.717, 1.165) is 23.7 Å². The highest BCUT2D eigenvalue weighted by Gasteiger charge is 2.24. The lowest BCUT2D eigenvalue weighted by molar-refractivity contribution is -0.126. The Bertz CT molecular complexity index is 811. The van der Waals surface area contributed by atoms with E-state index in [2.05, 4.69) is 31.2 Å². The zero-order chi connectivity index (χ0) is 19.2. The van der Waals surface area contributed by atoms with Gasteiger partial charge in [0.15, 0.2) is 0 Å². The maximum atomic E-state index is 12.3. The summed E-state index contributed by atoms with van der Waals surface area (Å²) in [5.41, 5.74) is 1.58. The number of hydrogen-bond acceptors (Lipinski definition) is 6. The van der Waals surface area contributed by atoms with E-state index in [9.17, 15) is 9.59 Å². The van der Waals surface area contributed by atoms with Crippen LogP contribution in [-0.2, 0) is 9.59 Å². The predicted molar refractivity (Wildman–Crippen MR) is 105 cm³/mol. The van der Waals surface area contributed by atoms with Crippen molar-refractivity contribution in [2.24, 2.45) is 5.92 Å². The fraction of sp³-hybridized carbons (Fsp3) is 0.368. The second kappa shape index (κ2) is 8.48. The van der Waals surface area contributed by atoms with Gasteiger partial charge in [0, 0.05) is 37.0 Å². The molecule has 4 N–H and O–H groups in total. The Morgan fingerprint density at radius 3 is 2.56 bits per heavy atom. The van der Waals surface area contributed by atoms with E-state index in [4.69, 9.17) is 0 Å². The summed E-state index contributed by atoms with van der Waals surface area (Å²) in [6.07, 6.45) is 0.979. The lowest BCUT2D eigenvalue weighted by atomic mass is 9.98. The molecule has 0 bridgehead atoms. The summed E-state index contributed by atoms with van der Waals surface area (Å²) in [6.45, 7) is 5.04. The molecule has 1 unspecified atom stereocenters. The lowest BCUT2D eigenvalue weighted by Gasteiger charge is -2.21. The first-order chi connectivity index (χ1) is 13.0.